The lowest BCUT2D eigenvalue weighted by atomic mass is 9.82. The summed E-state index contributed by atoms with van der Waals surface area (Å²) >= 11 is 0. The van der Waals surface area contributed by atoms with Crippen LogP contribution in [0.1, 0.15) is 64.2 Å². The quantitative estimate of drug-likeness (QED) is 0.340. The monoisotopic (exact) mass is 464 g/mol. The second-order valence-corrected chi connectivity index (χ2v) is 8.14. The average Bonchev–Trinajstić information content (AvgIpc) is 2.59. The van der Waals surface area contributed by atoms with E-state index in [1.54, 1.807) is 0 Å². The predicted molar refractivity (Wildman–Crippen MR) is 115 cm³/mol. The number of nitrogens with one attached hydrogen (secondary N) is 2. The molecule has 1 saturated carbocycles. The van der Waals surface area contributed by atoms with Gasteiger partial charge in [0.15, 0.2) is 5.96 Å². The number of hydrogen-bond donors (Lipinski definition) is 3. The van der Waals surface area contributed by atoms with Crippen LogP contribution in [0.15, 0.2) is 4.99 Å². The van der Waals surface area contributed by atoms with Crippen LogP contribution in [0.2, 0.25) is 0 Å². The molecule has 6 heteroatoms. The van der Waals surface area contributed by atoms with Crippen LogP contribution in [0.3, 0.4) is 0 Å². The van der Waals surface area contributed by atoms with Crippen LogP contribution in [-0.2, 0) is 0 Å². The molecule has 2 aliphatic heterocycles. The van der Waals surface area contributed by atoms with Gasteiger partial charge in [0, 0.05) is 31.7 Å². The van der Waals surface area contributed by atoms with Crippen LogP contribution in [0, 0.1) is 5.92 Å². The summed E-state index contributed by atoms with van der Waals surface area (Å²) in [5, 5.41) is 17.4. The smallest absolute Gasteiger partial charge is 0.191 e. The number of guanidine groups is 1. The highest BCUT2D eigenvalue weighted by atomic mass is 127. The first-order valence-corrected chi connectivity index (χ1v) is 10.0. The maximum Gasteiger partial charge on any atom is 0.191 e. The number of rotatable bonds is 4. The minimum atomic E-state index is -0.249. The van der Waals surface area contributed by atoms with Crippen molar-refractivity contribution >= 4 is 29.9 Å². The lowest BCUT2D eigenvalue weighted by Crippen LogP contribution is -2.57. The molecule has 3 rings (SSSR count). The molecular weight excluding hydrogens is 427 g/mol. The Balaban J connectivity index is 0.00000225. The molecule has 0 aromatic carbocycles. The molecule has 2 saturated heterocycles. The summed E-state index contributed by atoms with van der Waals surface area (Å²) in [6, 6.07) is 1.95. The van der Waals surface area contributed by atoms with E-state index < -0.39 is 0 Å². The van der Waals surface area contributed by atoms with Gasteiger partial charge in [-0.15, -0.1) is 24.0 Å². The number of piperidine rings is 2. The zero-order valence-electron chi connectivity index (χ0n) is 15.9. The molecule has 5 nitrogen and oxygen atoms in total. The van der Waals surface area contributed by atoms with Crippen molar-refractivity contribution < 1.29 is 5.11 Å². The van der Waals surface area contributed by atoms with E-state index in [0.29, 0.717) is 18.5 Å². The van der Waals surface area contributed by atoms with Gasteiger partial charge in [0.05, 0.1) is 6.10 Å². The van der Waals surface area contributed by atoms with Gasteiger partial charge in [0.2, 0.25) is 0 Å². The van der Waals surface area contributed by atoms with E-state index in [2.05, 4.69) is 27.6 Å². The van der Waals surface area contributed by atoms with Crippen LogP contribution >= 0.6 is 24.0 Å². The number of aliphatic imine (C=N–C) groups is 1. The maximum absolute atomic E-state index is 10.4. The molecule has 3 unspecified atom stereocenters. The molecule has 25 heavy (non-hydrogen) atoms. The molecule has 3 fully saturated rings. The largest absolute Gasteiger partial charge is 0.391 e. The van der Waals surface area contributed by atoms with Crippen LogP contribution < -0.4 is 10.6 Å². The van der Waals surface area contributed by atoms with E-state index in [1.165, 1.54) is 64.2 Å². The lowest BCUT2D eigenvalue weighted by Gasteiger charge is -2.47. The Hall–Kier alpha value is -0.0800. The van der Waals surface area contributed by atoms with Crippen molar-refractivity contribution in [2.24, 2.45) is 10.9 Å². The first kappa shape index (κ1) is 21.2. The Labute approximate surface area is 170 Å². The van der Waals surface area contributed by atoms with Gasteiger partial charge in [-0.2, -0.15) is 0 Å². The third-order valence-electron chi connectivity index (χ3n) is 6.58. The number of hydrogen-bond acceptors (Lipinski definition) is 3. The molecule has 0 aromatic rings. The Morgan fingerprint density at radius 1 is 1.08 bits per heavy atom. The molecule has 3 N–H and O–H groups in total. The van der Waals surface area contributed by atoms with Crippen LogP contribution in [-0.4, -0.2) is 60.8 Å². The molecule has 2 heterocycles. The fourth-order valence-electron chi connectivity index (χ4n) is 5.01. The van der Waals surface area contributed by atoms with E-state index in [4.69, 9.17) is 0 Å². The summed E-state index contributed by atoms with van der Waals surface area (Å²) in [5.74, 6) is 1.32. The molecule has 3 atom stereocenters. The van der Waals surface area contributed by atoms with Crippen molar-refractivity contribution in [2.45, 2.75) is 88.4 Å². The highest BCUT2D eigenvalue weighted by molar-refractivity contribution is 14.0. The van der Waals surface area contributed by atoms with Gasteiger partial charge in [0.25, 0.3) is 0 Å². The standard InChI is InChI=1S/C19H36N4O.HI/c1-20-19(21-13-18(24)14-7-4-3-5-8-14)22-15-11-16-9-6-10-17(12-15)23(16)2;/h14-18,24H,3-13H2,1-2H3,(H2,20,21,22);1H. The van der Waals surface area contributed by atoms with Gasteiger partial charge in [-0.25, -0.2) is 0 Å². The van der Waals surface area contributed by atoms with Crippen molar-refractivity contribution in [3.05, 3.63) is 0 Å². The van der Waals surface area contributed by atoms with Gasteiger partial charge in [-0.3, -0.25) is 4.99 Å². The maximum atomic E-state index is 10.4. The predicted octanol–water partition coefficient (Wildman–Crippen LogP) is 2.73. The average molecular weight is 464 g/mol. The normalized spacial score (nSPS) is 32.6. The molecular formula is C19H37IN4O. The fraction of sp³-hybridized carbons (Fsp3) is 0.947. The topological polar surface area (TPSA) is 59.9 Å². The Morgan fingerprint density at radius 3 is 2.32 bits per heavy atom. The van der Waals surface area contributed by atoms with Crippen molar-refractivity contribution in [3.63, 3.8) is 0 Å². The van der Waals surface area contributed by atoms with Gasteiger partial charge in [-0.1, -0.05) is 25.7 Å². The molecule has 3 aliphatic rings. The summed E-state index contributed by atoms with van der Waals surface area (Å²) in [7, 11) is 4.12. The first-order chi connectivity index (χ1) is 11.7. The summed E-state index contributed by atoms with van der Waals surface area (Å²) < 4.78 is 0. The van der Waals surface area contributed by atoms with E-state index in [1.807, 2.05) is 7.05 Å². The molecule has 0 amide bonds. The Morgan fingerprint density at radius 2 is 1.72 bits per heavy atom. The Kier molecular flexibility index (Phi) is 8.75. The van der Waals surface area contributed by atoms with Crippen LogP contribution in [0.5, 0.6) is 0 Å². The third-order valence-corrected chi connectivity index (χ3v) is 6.58. The van der Waals surface area contributed by atoms with E-state index in [-0.39, 0.29) is 30.1 Å². The zero-order chi connectivity index (χ0) is 16.9. The molecule has 1 aliphatic carbocycles. The van der Waals surface area contributed by atoms with Gasteiger partial charge >= 0.3 is 0 Å². The van der Waals surface area contributed by atoms with Gasteiger partial charge in [0.1, 0.15) is 0 Å². The molecule has 0 aromatic heterocycles. The summed E-state index contributed by atoms with van der Waals surface area (Å²) in [6.07, 6.45) is 12.4. The number of fused-ring (bicyclic) bond motifs is 2. The second kappa shape index (κ2) is 10.3. The number of aliphatic hydroxyl groups is 1. The fourth-order valence-corrected chi connectivity index (χ4v) is 5.01. The Bertz CT molecular complexity index is 414. The highest BCUT2D eigenvalue weighted by Crippen LogP contribution is 2.32. The molecule has 0 radical (unpaired) electrons. The lowest BCUT2D eigenvalue weighted by molar-refractivity contribution is 0.0524. The third kappa shape index (κ3) is 5.70. The summed E-state index contributed by atoms with van der Waals surface area (Å²) in [4.78, 5) is 6.97. The minimum absolute atomic E-state index is 0. The van der Waals surface area contributed by atoms with Gasteiger partial charge < -0.3 is 20.6 Å². The van der Waals surface area contributed by atoms with Crippen molar-refractivity contribution in [3.8, 4) is 0 Å². The van der Waals surface area contributed by atoms with Crippen molar-refractivity contribution in [1.29, 1.82) is 0 Å². The van der Waals surface area contributed by atoms with Crippen LogP contribution in [0.4, 0.5) is 0 Å². The SMILES string of the molecule is CN=C(NCC(O)C1CCCCC1)NC1CC2CCCC(C1)N2C.I. The molecule has 2 bridgehead atoms. The zero-order valence-corrected chi connectivity index (χ0v) is 18.2. The minimum Gasteiger partial charge on any atom is -0.391 e. The van der Waals surface area contributed by atoms with E-state index in [9.17, 15) is 5.11 Å². The van der Waals surface area contributed by atoms with Crippen LogP contribution in [0.25, 0.3) is 0 Å². The molecule has 0 spiro atoms. The van der Waals surface area contributed by atoms with E-state index >= 15 is 0 Å². The second-order valence-electron chi connectivity index (χ2n) is 8.14. The van der Waals surface area contributed by atoms with Gasteiger partial charge in [-0.05, 0) is 51.5 Å². The number of nitrogens with zero attached hydrogens (tertiary/aromatic N) is 2. The first-order valence-electron chi connectivity index (χ1n) is 10.0. The summed E-state index contributed by atoms with van der Waals surface area (Å²) in [5.41, 5.74) is 0. The van der Waals surface area contributed by atoms with E-state index in [0.717, 1.165) is 18.0 Å². The molecule has 146 valence electrons. The number of aliphatic hydroxyl groups excluding tert-OH is 1. The highest BCUT2D eigenvalue weighted by Gasteiger charge is 2.36. The summed E-state index contributed by atoms with van der Waals surface area (Å²) in [6.45, 7) is 0.615. The van der Waals surface area contributed by atoms with Crippen molar-refractivity contribution in [2.75, 3.05) is 20.6 Å². The van der Waals surface area contributed by atoms with Crippen molar-refractivity contribution in [1.82, 2.24) is 15.5 Å². The number of halogens is 1.